The van der Waals surface area contributed by atoms with Crippen molar-refractivity contribution in [2.24, 2.45) is 0 Å². The van der Waals surface area contributed by atoms with Crippen LogP contribution in [-0.2, 0) is 9.53 Å². The van der Waals surface area contributed by atoms with Crippen LogP contribution < -0.4 is 5.32 Å². The van der Waals surface area contributed by atoms with Crippen molar-refractivity contribution in [2.45, 2.75) is 44.8 Å². The quantitative estimate of drug-likeness (QED) is 0.906. The fourth-order valence-electron chi connectivity index (χ4n) is 2.85. The minimum atomic E-state index is -2.77. The molecule has 1 aromatic carbocycles. The third-order valence-corrected chi connectivity index (χ3v) is 4.13. The van der Waals surface area contributed by atoms with E-state index in [0.717, 1.165) is 17.5 Å². The first-order valence-electron chi connectivity index (χ1n) is 7.98. The Bertz CT molecular complexity index is 703. The monoisotopic (exact) mass is 335 g/mol. The fourth-order valence-corrected chi connectivity index (χ4v) is 2.85. The second-order valence-electron chi connectivity index (χ2n) is 5.71. The van der Waals surface area contributed by atoms with E-state index < -0.39 is 18.4 Å². The number of amides is 1. The molecule has 24 heavy (non-hydrogen) atoms. The van der Waals surface area contributed by atoms with Crippen molar-refractivity contribution < 1.29 is 18.3 Å². The van der Waals surface area contributed by atoms with Crippen LogP contribution in [0.15, 0.2) is 36.5 Å². The molecule has 1 amide bonds. The van der Waals surface area contributed by atoms with Gasteiger partial charge in [-0.15, -0.1) is 0 Å². The number of hydrogen-bond acceptors (Lipinski definition) is 3. The van der Waals surface area contributed by atoms with Crippen LogP contribution >= 0.6 is 0 Å². The van der Waals surface area contributed by atoms with E-state index in [-0.39, 0.29) is 17.5 Å². The van der Waals surface area contributed by atoms with Crippen LogP contribution in [0.5, 0.6) is 0 Å². The highest BCUT2D eigenvalue weighted by Crippen LogP contribution is 2.30. The Morgan fingerprint density at radius 3 is 2.75 bits per heavy atom. The summed E-state index contributed by atoms with van der Waals surface area (Å²) in [4.78, 5) is 12.3. The topological polar surface area (TPSA) is 56.2 Å². The number of nitrogens with zero attached hydrogens (tertiary/aromatic N) is 2. The van der Waals surface area contributed by atoms with Gasteiger partial charge in [0.15, 0.2) is 0 Å². The fraction of sp³-hybridized carbons (Fsp3) is 0.412. The molecule has 2 unspecified atom stereocenters. The maximum absolute atomic E-state index is 13.5. The Morgan fingerprint density at radius 2 is 2.12 bits per heavy atom. The second kappa shape index (κ2) is 7.09. The standard InChI is InChI=1S/C17H19F2N3O2/c1-2-12-8-9-14(24-12)17(23)21-13-10-20-22(15(13)16(18)19)11-6-4-3-5-7-11/h3-7,10,12,14,16H,2,8-9H2,1H3,(H,21,23). The highest BCUT2D eigenvalue weighted by Gasteiger charge is 2.31. The van der Waals surface area contributed by atoms with Gasteiger partial charge in [0.2, 0.25) is 0 Å². The predicted octanol–water partition coefficient (Wildman–Crippen LogP) is 3.71. The van der Waals surface area contributed by atoms with Gasteiger partial charge in [0.05, 0.1) is 23.7 Å². The van der Waals surface area contributed by atoms with Crippen molar-refractivity contribution >= 4 is 11.6 Å². The number of hydrogen-bond donors (Lipinski definition) is 1. The van der Waals surface area contributed by atoms with Crippen molar-refractivity contribution in [2.75, 3.05) is 5.32 Å². The van der Waals surface area contributed by atoms with Crippen molar-refractivity contribution in [3.63, 3.8) is 0 Å². The maximum atomic E-state index is 13.5. The Morgan fingerprint density at radius 1 is 1.38 bits per heavy atom. The molecule has 1 aromatic heterocycles. The number of para-hydroxylation sites is 1. The number of halogens is 2. The molecule has 0 spiro atoms. The van der Waals surface area contributed by atoms with Gasteiger partial charge in [-0.3, -0.25) is 4.79 Å². The van der Waals surface area contributed by atoms with Crippen molar-refractivity contribution in [3.8, 4) is 5.69 Å². The first kappa shape index (κ1) is 16.6. The van der Waals surface area contributed by atoms with Gasteiger partial charge in [0.1, 0.15) is 11.8 Å². The molecule has 1 fully saturated rings. The number of alkyl halides is 2. The van der Waals surface area contributed by atoms with Crippen LogP contribution in [-0.4, -0.2) is 27.9 Å². The molecule has 2 heterocycles. The normalized spacial score (nSPS) is 20.5. The summed E-state index contributed by atoms with van der Waals surface area (Å²) in [5, 5.41) is 6.54. The minimum absolute atomic E-state index is 0.0161. The predicted molar refractivity (Wildman–Crippen MR) is 85.3 cm³/mol. The third-order valence-electron chi connectivity index (χ3n) is 4.13. The van der Waals surface area contributed by atoms with Crippen molar-refractivity contribution in [3.05, 3.63) is 42.2 Å². The average molecular weight is 335 g/mol. The first-order valence-corrected chi connectivity index (χ1v) is 7.98. The zero-order valence-electron chi connectivity index (χ0n) is 13.3. The van der Waals surface area contributed by atoms with Crippen LogP contribution in [0, 0.1) is 0 Å². The van der Waals surface area contributed by atoms with E-state index >= 15 is 0 Å². The van der Waals surface area contributed by atoms with Crippen LogP contribution in [0.3, 0.4) is 0 Å². The molecular weight excluding hydrogens is 316 g/mol. The third kappa shape index (κ3) is 3.31. The number of carbonyl (C=O) groups excluding carboxylic acids is 1. The summed E-state index contributed by atoms with van der Waals surface area (Å²) < 4.78 is 33.8. The Balaban J connectivity index is 1.81. The van der Waals surface area contributed by atoms with E-state index in [1.165, 1.54) is 6.20 Å². The number of ether oxygens (including phenoxy) is 1. The van der Waals surface area contributed by atoms with Gasteiger partial charge in [-0.1, -0.05) is 25.1 Å². The van der Waals surface area contributed by atoms with Crippen LogP contribution in [0.25, 0.3) is 5.69 Å². The van der Waals surface area contributed by atoms with Crippen LogP contribution in [0.1, 0.15) is 38.3 Å². The summed E-state index contributed by atoms with van der Waals surface area (Å²) in [6, 6.07) is 8.62. The maximum Gasteiger partial charge on any atom is 0.282 e. The molecule has 1 aliphatic heterocycles. The molecule has 5 nitrogen and oxygen atoms in total. The summed E-state index contributed by atoms with van der Waals surface area (Å²) in [5.41, 5.74) is 0.193. The molecule has 1 aliphatic rings. The highest BCUT2D eigenvalue weighted by molar-refractivity contribution is 5.94. The first-order chi connectivity index (χ1) is 11.6. The van der Waals surface area contributed by atoms with E-state index in [1.807, 2.05) is 6.92 Å². The Kier molecular flexibility index (Phi) is 4.89. The lowest BCUT2D eigenvalue weighted by Crippen LogP contribution is -2.28. The zero-order valence-corrected chi connectivity index (χ0v) is 13.3. The molecule has 128 valence electrons. The van der Waals surface area contributed by atoms with Gasteiger partial charge in [0, 0.05) is 0 Å². The van der Waals surface area contributed by atoms with Gasteiger partial charge in [-0.25, -0.2) is 13.5 Å². The SMILES string of the molecule is CCC1CCC(C(=O)Nc2cnn(-c3ccccc3)c2C(F)F)O1. The lowest BCUT2D eigenvalue weighted by atomic mass is 10.1. The molecule has 0 saturated carbocycles. The molecule has 0 bridgehead atoms. The zero-order chi connectivity index (χ0) is 17.1. The second-order valence-corrected chi connectivity index (χ2v) is 5.71. The van der Waals surface area contributed by atoms with E-state index in [1.54, 1.807) is 30.3 Å². The Hall–Kier alpha value is -2.28. The molecule has 1 N–H and O–H groups in total. The summed E-state index contributed by atoms with van der Waals surface area (Å²) >= 11 is 0. The molecule has 0 aliphatic carbocycles. The lowest BCUT2D eigenvalue weighted by Gasteiger charge is -2.13. The van der Waals surface area contributed by atoms with E-state index in [0.29, 0.717) is 12.1 Å². The molecular formula is C17H19F2N3O2. The molecule has 1 saturated heterocycles. The molecule has 3 rings (SSSR count). The number of carbonyl (C=O) groups is 1. The van der Waals surface area contributed by atoms with Gasteiger partial charge in [0.25, 0.3) is 12.3 Å². The van der Waals surface area contributed by atoms with Gasteiger partial charge in [-0.05, 0) is 31.4 Å². The summed E-state index contributed by atoms with van der Waals surface area (Å²) in [6.45, 7) is 1.99. The van der Waals surface area contributed by atoms with Gasteiger partial charge in [-0.2, -0.15) is 5.10 Å². The number of rotatable bonds is 5. The van der Waals surface area contributed by atoms with E-state index in [4.69, 9.17) is 4.74 Å². The largest absolute Gasteiger partial charge is 0.365 e. The number of aromatic nitrogens is 2. The summed E-state index contributed by atoms with van der Waals surface area (Å²) in [6.07, 6.45) is 0.177. The lowest BCUT2D eigenvalue weighted by molar-refractivity contribution is -0.126. The van der Waals surface area contributed by atoms with E-state index in [9.17, 15) is 13.6 Å². The molecule has 2 aromatic rings. The molecule has 2 atom stereocenters. The van der Waals surface area contributed by atoms with Crippen LogP contribution in [0.2, 0.25) is 0 Å². The number of anilines is 1. The van der Waals surface area contributed by atoms with E-state index in [2.05, 4.69) is 10.4 Å². The smallest absolute Gasteiger partial charge is 0.282 e. The van der Waals surface area contributed by atoms with Crippen LogP contribution in [0.4, 0.5) is 14.5 Å². The van der Waals surface area contributed by atoms with Crippen molar-refractivity contribution in [1.29, 1.82) is 0 Å². The molecule has 0 radical (unpaired) electrons. The highest BCUT2D eigenvalue weighted by atomic mass is 19.3. The van der Waals surface area contributed by atoms with Gasteiger partial charge >= 0.3 is 0 Å². The average Bonchev–Trinajstić information content (AvgIpc) is 3.22. The van der Waals surface area contributed by atoms with Gasteiger partial charge < -0.3 is 10.1 Å². The van der Waals surface area contributed by atoms with Crippen molar-refractivity contribution in [1.82, 2.24) is 9.78 Å². The summed E-state index contributed by atoms with van der Waals surface area (Å²) in [7, 11) is 0. The number of benzene rings is 1. The molecule has 7 heteroatoms. The Labute approximate surface area is 138 Å². The summed E-state index contributed by atoms with van der Waals surface area (Å²) in [5.74, 6) is -0.402. The number of nitrogens with one attached hydrogen (secondary N) is 1. The minimum Gasteiger partial charge on any atom is -0.365 e.